The van der Waals surface area contributed by atoms with Gasteiger partial charge in [0.1, 0.15) is 18.1 Å². The molecule has 2 N–H and O–H groups in total. The van der Waals surface area contributed by atoms with Crippen LogP contribution in [0.25, 0.3) is 0 Å². The third-order valence-electron chi connectivity index (χ3n) is 2.98. The fourth-order valence-corrected chi connectivity index (χ4v) is 1.97. The van der Waals surface area contributed by atoms with Crippen LogP contribution in [-0.4, -0.2) is 26.8 Å². The Balaban J connectivity index is 2.15. The van der Waals surface area contributed by atoms with E-state index < -0.39 is 5.97 Å². The second-order valence-electron chi connectivity index (χ2n) is 4.49. The fraction of sp³-hybridized carbons (Fsp3) is 0.308. The Kier molecular flexibility index (Phi) is 3.60. The molecular formula is C13H15N3O4. The standard InChI is InChI=1S/C13H15N3O4/c1-7-8(2)20-9(3)12(7)13(19)15-10-4-14-16(5-10)6-11(17)18/h4-5H,6H2,1-3H3,(H,15,19)(H,17,18). The molecule has 0 atom stereocenters. The number of hydrogen-bond acceptors (Lipinski definition) is 4. The highest BCUT2D eigenvalue weighted by Crippen LogP contribution is 2.21. The Labute approximate surface area is 115 Å². The number of nitrogens with zero attached hydrogens (tertiary/aromatic N) is 2. The number of carbonyl (C=O) groups excluding carboxylic acids is 1. The Bertz CT molecular complexity index is 669. The maximum Gasteiger partial charge on any atom is 0.325 e. The maximum atomic E-state index is 12.2. The lowest BCUT2D eigenvalue weighted by Crippen LogP contribution is -2.13. The molecule has 0 radical (unpaired) electrons. The van der Waals surface area contributed by atoms with E-state index in [1.807, 2.05) is 6.92 Å². The lowest BCUT2D eigenvalue weighted by atomic mass is 10.1. The lowest BCUT2D eigenvalue weighted by molar-refractivity contribution is -0.137. The molecule has 0 aliphatic carbocycles. The predicted octanol–water partition coefficient (Wildman–Crippen LogP) is 1.74. The Morgan fingerprint density at radius 3 is 2.60 bits per heavy atom. The van der Waals surface area contributed by atoms with E-state index >= 15 is 0 Å². The van der Waals surface area contributed by atoms with E-state index in [1.165, 1.54) is 17.1 Å². The average molecular weight is 277 g/mol. The number of anilines is 1. The average Bonchev–Trinajstić information content (AvgIpc) is 2.84. The van der Waals surface area contributed by atoms with Gasteiger partial charge in [0.15, 0.2) is 0 Å². The van der Waals surface area contributed by atoms with Crippen molar-refractivity contribution in [2.75, 3.05) is 5.32 Å². The number of rotatable bonds is 4. The van der Waals surface area contributed by atoms with Gasteiger partial charge >= 0.3 is 5.97 Å². The molecule has 0 aliphatic rings. The van der Waals surface area contributed by atoms with E-state index in [-0.39, 0.29) is 12.5 Å². The van der Waals surface area contributed by atoms with Crippen molar-refractivity contribution < 1.29 is 19.1 Å². The summed E-state index contributed by atoms with van der Waals surface area (Å²) in [6, 6.07) is 0. The van der Waals surface area contributed by atoms with Crippen molar-refractivity contribution in [3.8, 4) is 0 Å². The zero-order valence-electron chi connectivity index (χ0n) is 11.4. The number of aliphatic carboxylic acids is 1. The highest BCUT2D eigenvalue weighted by molar-refractivity contribution is 6.06. The van der Waals surface area contributed by atoms with Gasteiger partial charge < -0.3 is 14.8 Å². The largest absolute Gasteiger partial charge is 0.480 e. The number of nitrogens with one attached hydrogen (secondary N) is 1. The molecular weight excluding hydrogens is 262 g/mol. The highest BCUT2D eigenvalue weighted by atomic mass is 16.4. The van der Waals surface area contributed by atoms with E-state index in [4.69, 9.17) is 9.52 Å². The van der Waals surface area contributed by atoms with Gasteiger partial charge in [0, 0.05) is 11.8 Å². The molecule has 0 saturated heterocycles. The molecule has 0 unspecified atom stereocenters. The lowest BCUT2D eigenvalue weighted by Gasteiger charge is -2.02. The number of carboxylic acids is 1. The zero-order chi connectivity index (χ0) is 14.9. The van der Waals surface area contributed by atoms with Gasteiger partial charge in [-0.2, -0.15) is 5.10 Å². The molecule has 0 bridgehead atoms. The smallest absolute Gasteiger partial charge is 0.325 e. The molecule has 0 aliphatic heterocycles. The van der Waals surface area contributed by atoms with Crippen molar-refractivity contribution in [2.45, 2.75) is 27.3 Å². The number of aromatic nitrogens is 2. The van der Waals surface area contributed by atoms with E-state index in [0.717, 1.165) is 5.56 Å². The van der Waals surface area contributed by atoms with Crippen LogP contribution in [0.1, 0.15) is 27.4 Å². The van der Waals surface area contributed by atoms with Crippen LogP contribution >= 0.6 is 0 Å². The van der Waals surface area contributed by atoms with E-state index in [9.17, 15) is 9.59 Å². The van der Waals surface area contributed by atoms with Crippen LogP contribution in [0.3, 0.4) is 0 Å². The number of carbonyl (C=O) groups is 2. The normalized spacial score (nSPS) is 10.6. The third-order valence-corrected chi connectivity index (χ3v) is 2.98. The summed E-state index contributed by atoms with van der Waals surface area (Å²) in [6.45, 7) is 5.08. The zero-order valence-corrected chi connectivity index (χ0v) is 11.4. The van der Waals surface area contributed by atoms with Crippen LogP contribution in [0.4, 0.5) is 5.69 Å². The van der Waals surface area contributed by atoms with Crippen molar-refractivity contribution in [1.82, 2.24) is 9.78 Å². The van der Waals surface area contributed by atoms with E-state index in [0.29, 0.717) is 22.8 Å². The Morgan fingerprint density at radius 2 is 2.05 bits per heavy atom. The number of hydrogen-bond donors (Lipinski definition) is 2. The van der Waals surface area contributed by atoms with Crippen LogP contribution in [0.15, 0.2) is 16.8 Å². The molecule has 0 saturated carbocycles. The van der Waals surface area contributed by atoms with Crippen molar-refractivity contribution in [3.63, 3.8) is 0 Å². The molecule has 0 aromatic carbocycles. The maximum absolute atomic E-state index is 12.2. The number of aryl methyl sites for hydroxylation is 2. The van der Waals surface area contributed by atoms with Crippen molar-refractivity contribution in [3.05, 3.63) is 35.0 Å². The molecule has 2 aromatic rings. The predicted molar refractivity (Wildman–Crippen MR) is 70.7 cm³/mol. The molecule has 2 rings (SSSR count). The second-order valence-corrected chi connectivity index (χ2v) is 4.49. The van der Waals surface area contributed by atoms with Gasteiger partial charge in [-0.15, -0.1) is 0 Å². The molecule has 106 valence electrons. The summed E-state index contributed by atoms with van der Waals surface area (Å²) in [6.07, 6.45) is 2.86. The molecule has 0 fully saturated rings. The van der Waals surface area contributed by atoms with Crippen LogP contribution in [0.2, 0.25) is 0 Å². The first-order chi connectivity index (χ1) is 9.38. The minimum atomic E-state index is -0.997. The molecule has 20 heavy (non-hydrogen) atoms. The minimum Gasteiger partial charge on any atom is -0.480 e. The highest BCUT2D eigenvalue weighted by Gasteiger charge is 2.19. The molecule has 7 heteroatoms. The summed E-state index contributed by atoms with van der Waals surface area (Å²) in [4.78, 5) is 22.7. The number of carboxylic acid groups (broad SMARTS) is 1. The molecule has 7 nitrogen and oxygen atoms in total. The van der Waals surface area contributed by atoms with Crippen molar-refractivity contribution in [1.29, 1.82) is 0 Å². The van der Waals surface area contributed by atoms with E-state index in [2.05, 4.69) is 10.4 Å². The van der Waals surface area contributed by atoms with E-state index in [1.54, 1.807) is 13.8 Å². The van der Waals surface area contributed by atoms with Gasteiger partial charge in [-0.1, -0.05) is 0 Å². The Morgan fingerprint density at radius 1 is 1.35 bits per heavy atom. The minimum absolute atomic E-state index is 0.251. The van der Waals surface area contributed by atoms with Crippen LogP contribution < -0.4 is 5.32 Å². The molecule has 2 heterocycles. The number of furan rings is 1. The first kappa shape index (κ1) is 13.9. The summed E-state index contributed by atoms with van der Waals surface area (Å²) in [5.41, 5.74) is 1.72. The number of amides is 1. The first-order valence-electron chi connectivity index (χ1n) is 6.00. The van der Waals surface area contributed by atoms with Crippen LogP contribution in [0.5, 0.6) is 0 Å². The first-order valence-corrected chi connectivity index (χ1v) is 6.00. The SMILES string of the molecule is Cc1oc(C)c(C(=O)Nc2cnn(CC(=O)O)c2)c1C. The van der Waals surface area contributed by atoms with Gasteiger partial charge in [0.25, 0.3) is 5.91 Å². The van der Waals surface area contributed by atoms with Gasteiger partial charge in [-0.25, -0.2) is 0 Å². The summed E-state index contributed by atoms with van der Waals surface area (Å²) in [5.74, 6) is -0.0421. The van der Waals surface area contributed by atoms with Gasteiger partial charge in [0.05, 0.1) is 17.4 Å². The molecule has 2 aromatic heterocycles. The fourth-order valence-electron chi connectivity index (χ4n) is 1.97. The third kappa shape index (κ3) is 2.71. The van der Waals surface area contributed by atoms with Crippen molar-refractivity contribution in [2.24, 2.45) is 0 Å². The van der Waals surface area contributed by atoms with Gasteiger partial charge in [-0.05, 0) is 20.8 Å². The molecule has 1 amide bonds. The van der Waals surface area contributed by atoms with Gasteiger partial charge in [0.2, 0.25) is 0 Å². The Hall–Kier alpha value is -2.57. The van der Waals surface area contributed by atoms with Crippen molar-refractivity contribution >= 4 is 17.6 Å². The van der Waals surface area contributed by atoms with Crippen LogP contribution in [-0.2, 0) is 11.3 Å². The summed E-state index contributed by atoms with van der Waals surface area (Å²) in [5, 5.41) is 15.2. The summed E-state index contributed by atoms with van der Waals surface area (Å²) < 4.78 is 6.64. The monoisotopic (exact) mass is 277 g/mol. The summed E-state index contributed by atoms with van der Waals surface area (Å²) in [7, 11) is 0. The second kappa shape index (κ2) is 5.20. The molecule has 0 spiro atoms. The topological polar surface area (TPSA) is 97.4 Å². The van der Waals surface area contributed by atoms with Crippen LogP contribution in [0, 0.1) is 20.8 Å². The summed E-state index contributed by atoms with van der Waals surface area (Å²) >= 11 is 0. The quantitative estimate of drug-likeness (QED) is 0.887. The van der Waals surface area contributed by atoms with Gasteiger partial charge in [-0.3, -0.25) is 14.3 Å².